The van der Waals surface area contributed by atoms with Gasteiger partial charge in [0.1, 0.15) is 18.3 Å². The number of amides is 1. The summed E-state index contributed by atoms with van der Waals surface area (Å²) in [6.45, 7) is 6.00. The van der Waals surface area contributed by atoms with E-state index in [2.05, 4.69) is 12.2 Å². The molecule has 0 spiro atoms. The van der Waals surface area contributed by atoms with E-state index in [0.29, 0.717) is 6.54 Å². The first-order valence-corrected chi connectivity index (χ1v) is 7.87. The number of nitrogens with one attached hydrogen (secondary N) is 1. The van der Waals surface area contributed by atoms with Gasteiger partial charge in [-0.25, -0.2) is 0 Å². The van der Waals surface area contributed by atoms with Gasteiger partial charge < -0.3 is 25.4 Å². The predicted molar refractivity (Wildman–Crippen MR) is 78.7 cm³/mol. The van der Waals surface area contributed by atoms with Crippen LogP contribution in [0.1, 0.15) is 46.5 Å². The fourth-order valence-electron chi connectivity index (χ4n) is 2.57. The van der Waals surface area contributed by atoms with Crippen molar-refractivity contribution >= 4 is 5.91 Å². The lowest BCUT2D eigenvalue weighted by Gasteiger charge is -2.41. The highest BCUT2D eigenvalue weighted by atomic mass is 16.5. The lowest BCUT2D eigenvalue weighted by atomic mass is 9.88. The SMILES string of the molecule is CCCCCCNC(=O)C(C)C1O[C@@H](C)[C@H](O)[C@@H](O)[C@H]1O. The summed E-state index contributed by atoms with van der Waals surface area (Å²) in [5.74, 6) is -0.790. The monoisotopic (exact) mass is 303 g/mol. The Balaban J connectivity index is 2.45. The third kappa shape index (κ3) is 4.92. The molecular weight excluding hydrogens is 274 g/mol. The van der Waals surface area contributed by atoms with Gasteiger partial charge in [0.05, 0.1) is 18.1 Å². The molecular formula is C15H29NO5. The van der Waals surface area contributed by atoms with Gasteiger partial charge in [0, 0.05) is 6.54 Å². The Morgan fingerprint density at radius 2 is 1.81 bits per heavy atom. The second kappa shape index (κ2) is 8.68. The van der Waals surface area contributed by atoms with Gasteiger partial charge in [-0.3, -0.25) is 4.79 Å². The average molecular weight is 303 g/mol. The summed E-state index contributed by atoms with van der Waals surface area (Å²) in [7, 11) is 0. The third-order valence-corrected chi connectivity index (χ3v) is 4.13. The fraction of sp³-hybridized carbons (Fsp3) is 0.933. The van der Waals surface area contributed by atoms with Crippen molar-refractivity contribution in [1.29, 1.82) is 0 Å². The molecule has 6 heteroatoms. The van der Waals surface area contributed by atoms with Crippen LogP contribution in [0.5, 0.6) is 0 Å². The Labute approximate surface area is 126 Å². The molecule has 1 fully saturated rings. The average Bonchev–Trinajstić information content (AvgIpc) is 2.47. The number of carbonyl (C=O) groups is 1. The minimum Gasteiger partial charge on any atom is -0.388 e. The van der Waals surface area contributed by atoms with Gasteiger partial charge in [-0.05, 0) is 13.3 Å². The van der Waals surface area contributed by atoms with Crippen molar-refractivity contribution in [3.63, 3.8) is 0 Å². The molecule has 0 saturated carbocycles. The Hall–Kier alpha value is -0.690. The van der Waals surface area contributed by atoms with Crippen LogP contribution in [-0.4, -0.2) is 58.3 Å². The van der Waals surface area contributed by atoms with Crippen molar-refractivity contribution < 1.29 is 24.9 Å². The van der Waals surface area contributed by atoms with Gasteiger partial charge in [0.2, 0.25) is 5.91 Å². The minimum absolute atomic E-state index is 0.202. The van der Waals surface area contributed by atoms with Crippen molar-refractivity contribution in [2.24, 2.45) is 5.92 Å². The topological polar surface area (TPSA) is 99.0 Å². The van der Waals surface area contributed by atoms with Crippen LogP contribution in [0, 0.1) is 5.92 Å². The molecule has 0 aliphatic carbocycles. The van der Waals surface area contributed by atoms with E-state index in [1.807, 2.05) is 0 Å². The highest BCUT2D eigenvalue weighted by Crippen LogP contribution is 2.25. The quantitative estimate of drug-likeness (QED) is 0.503. The lowest BCUT2D eigenvalue weighted by Crippen LogP contribution is -2.59. The predicted octanol–water partition coefficient (Wildman–Crippen LogP) is 0.189. The van der Waals surface area contributed by atoms with Crippen LogP contribution in [0.4, 0.5) is 0 Å². The number of aliphatic hydroxyl groups is 3. The molecule has 1 aliphatic heterocycles. The second-order valence-corrected chi connectivity index (χ2v) is 5.92. The number of aliphatic hydroxyl groups excluding tert-OH is 3. The summed E-state index contributed by atoms with van der Waals surface area (Å²) < 4.78 is 5.49. The zero-order chi connectivity index (χ0) is 16.0. The molecule has 6 nitrogen and oxygen atoms in total. The highest BCUT2D eigenvalue weighted by Gasteiger charge is 2.45. The first-order chi connectivity index (χ1) is 9.90. The van der Waals surface area contributed by atoms with E-state index in [1.54, 1.807) is 13.8 Å². The molecule has 1 saturated heterocycles. The Bertz CT molecular complexity index is 325. The van der Waals surface area contributed by atoms with Crippen LogP contribution in [-0.2, 0) is 9.53 Å². The van der Waals surface area contributed by atoms with E-state index in [0.717, 1.165) is 25.7 Å². The molecule has 0 aromatic carbocycles. The molecule has 4 N–H and O–H groups in total. The number of carbonyl (C=O) groups excluding carboxylic acids is 1. The van der Waals surface area contributed by atoms with E-state index < -0.39 is 36.4 Å². The molecule has 0 aromatic rings. The van der Waals surface area contributed by atoms with Crippen LogP contribution >= 0.6 is 0 Å². The molecule has 1 heterocycles. The molecule has 2 unspecified atom stereocenters. The smallest absolute Gasteiger partial charge is 0.225 e. The van der Waals surface area contributed by atoms with Gasteiger partial charge in [-0.1, -0.05) is 33.1 Å². The third-order valence-electron chi connectivity index (χ3n) is 4.13. The molecule has 0 radical (unpaired) electrons. The molecule has 124 valence electrons. The summed E-state index contributed by atoms with van der Waals surface area (Å²) in [5, 5.41) is 32.2. The Kier molecular flexibility index (Phi) is 7.59. The van der Waals surface area contributed by atoms with Gasteiger partial charge in [0.15, 0.2) is 0 Å². The summed E-state index contributed by atoms with van der Waals surface area (Å²) in [6, 6.07) is 0. The fourth-order valence-corrected chi connectivity index (χ4v) is 2.57. The molecule has 1 aliphatic rings. The van der Waals surface area contributed by atoms with Crippen molar-refractivity contribution in [2.75, 3.05) is 6.54 Å². The Morgan fingerprint density at radius 3 is 2.43 bits per heavy atom. The molecule has 21 heavy (non-hydrogen) atoms. The van der Waals surface area contributed by atoms with Gasteiger partial charge in [-0.15, -0.1) is 0 Å². The zero-order valence-corrected chi connectivity index (χ0v) is 13.2. The maximum Gasteiger partial charge on any atom is 0.225 e. The van der Waals surface area contributed by atoms with Crippen molar-refractivity contribution in [1.82, 2.24) is 5.32 Å². The number of ether oxygens (including phenoxy) is 1. The molecule has 1 rings (SSSR count). The summed E-state index contributed by atoms with van der Waals surface area (Å²) >= 11 is 0. The van der Waals surface area contributed by atoms with E-state index in [-0.39, 0.29) is 5.91 Å². The maximum atomic E-state index is 12.1. The zero-order valence-electron chi connectivity index (χ0n) is 13.2. The number of unbranched alkanes of at least 4 members (excludes halogenated alkanes) is 3. The number of rotatable bonds is 7. The molecule has 6 atom stereocenters. The van der Waals surface area contributed by atoms with E-state index in [4.69, 9.17) is 4.74 Å². The normalized spacial score (nSPS) is 34.5. The van der Waals surface area contributed by atoms with Crippen molar-refractivity contribution in [3.8, 4) is 0 Å². The van der Waals surface area contributed by atoms with Crippen LogP contribution in [0.3, 0.4) is 0 Å². The van der Waals surface area contributed by atoms with Crippen LogP contribution in [0.2, 0.25) is 0 Å². The Morgan fingerprint density at radius 1 is 1.14 bits per heavy atom. The van der Waals surface area contributed by atoms with Crippen LogP contribution in [0.15, 0.2) is 0 Å². The molecule has 0 aromatic heterocycles. The summed E-state index contributed by atoms with van der Waals surface area (Å²) in [4.78, 5) is 12.1. The first kappa shape index (κ1) is 18.4. The van der Waals surface area contributed by atoms with Crippen LogP contribution in [0.25, 0.3) is 0 Å². The largest absolute Gasteiger partial charge is 0.388 e. The van der Waals surface area contributed by atoms with E-state index in [1.165, 1.54) is 0 Å². The first-order valence-electron chi connectivity index (χ1n) is 7.87. The van der Waals surface area contributed by atoms with Crippen molar-refractivity contribution in [3.05, 3.63) is 0 Å². The lowest BCUT2D eigenvalue weighted by molar-refractivity contribution is -0.227. The number of hydrogen-bond acceptors (Lipinski definition) is 5. The van der Waals surface area contributed by atoms with Crippen LogP contribution < -0.4 is 5.32 Å². The summed E-state index contributed by atoms with van der Waals surface area (Å²) in [5.41, 5.74) is 0. The summed E-state index contributed by atoms with van der Waals surface area (Å²) in [6.07, 6.45) is -0.825. The van der Waals surface area contributed by atoms with Gasteiger partial charge in [-0.2, -0.15) is 0 Å². The molecule has 0 bridgehead atoms. The number of hydrogen-bond donors (Lipinski definition) is 4. The van der Waals surface area contributed by atoms with Gasteiger partial charge in [0.25, 0.3) is 0 Å². The standard InChI is InChI=1S/C15H29NO5/c1-4-5-6-7-8-16-15(20)9(2)14-13(19)12(18)11(17)10(3)21-14/h9-14,17-19H,4-8H2,1-3H3,(H,16,20)/t9?,10-,11-,12+,13+,14?/m0/s1. The highest BCUT2D eigenvalue weighted by molar-refractivity contribution is 5.79. The van der Waals surface area contributed by atoms with Crippen molar-refractivity contribution in [2.45, 2.75) is 77.0 Å². The van der Waals surface area contributed by atoms with E-state index >= 15 is 0 Å². The molecule has 1 amide bonds. The maximum absolute atomic E-state index is 12.1. The minimum atomic E-state index is -1.29. The second-order valence-electron chi connectivity index (χ2n) is 5.92. The van der Waals surface area contributed by atoms with E-state index in [9.17, 15) is 20.1 Å². The van der Waals surface area contributed by atoms with Gasteiger partial charge >= 0.3 is 0 Å².